The zero-order valence-corrected chi connectivity index (χ0v) is 13.8. The molecule has 118 valence electrons. The highest BCUT2D eigenvalue weighted by atomic mass is 16.5. The lowest BCUT2D eigenvalue weighted by Crippen LogP contribution is -2.45. The van der Waals surface area contributed by atoms with Crippen LogP contribution in [0, 0.1) is 17.3 Å². The van der Waals surface area contributed by atoms with Gasteiger partial charge in [-0.15, -0.1) is 0 Å². The van der Waals surface area contributed by atoms with Crippen LogP contribution in [-0.4, -0.2) is 51.3 Å². The van der Waals surface area contributed by atoms with Crippen LogP contribution in [0.5, 0.6) is 0 Å². The fourth-order valence-electron chi connectivity index (χ4n) is 4.06. The van der Waals surface area contributed by atoms with Crippen molar-refractivity contribution in [3.63, 3.8) is 0 Å². The fraction of sp³-hybridized carbons (Fsp3) is 1.00. The summed E-state index contributed by atoms with van der Waals surface area (Å²) in [5, 5.41) is 3.63. The van der Waals surface area contributed by atoms with Crippen molar-refractivity contribution in [2.24, 2.45) is 17.3 Å². The summed E-state index contributed by atoms with van der Waals surface area (Å²) in [7, 11) is 1.83. The molecule has 1 aliphatic heterocycles. The summed E-state index contributed by atoms with van der Waals surface area (Å²) in [6.45, 7) is 11.7. The van der Waals surface area contributed by atoms with E-state index in [0.29, 0.717) is 5.41 Å². The van der Waals surface area contributed by atoms with Gasteiger partial charge in [-0.25, -0.2) is 0 Å². The molecule has 1 aliphatic carbocycles. The number of hydrogen-bond acceptors (Lipinski definition) is 3. The average molecular weight is 282 g/mol. The standard InChI is InChI=1S/C17H34N2O/c1-4-18-13-17(8-5-15(2)6-9-17)14-19-10-7-16(11-19)12-20-3/h15-16,18H,4-14H2,1-3H3. The first-order valence-electron chi connectivity index (χ1n) is 8.59. The van der Waals surface area contributed by atoms with Gasteiger partial charge in [0.05, 0.1) is 6.61 Å². The Bertz CT molecular complexity index is 269. The number of ether oxygens (including phenoxy) is 1. The maximum absolute atomic E-state index is 5.33. The Morgan fingerprint density at radius 3 is 2.65 bits per heavy atom. The Labute approximate surface area is 125 Å². The van der Waals surface area contributed by atoms with Gasteiger partial charge >= 0.3 is 0 Å². The maximum atomic E-state index is 5.33. The van der Waals surface area contributed by atoms with Crippen molar-refractivity contribution >= 4 is 0 Å². The summed E-state index contributed by atoms with van der Waals surface area (Å²) < 4.78 is 5.33. The van der Waals surface area contributed by atoms with Crippen LogP contribution in [0.15, 0.2) is 0 Å². The molecule has 1 unspecified atom stereocenters. The maximum Gasteiger partial charge on any atom is 0.0503 e. The predicted octanol–water partition coefficient (Wildman–Crippen LogP) is 2.76. The smallest absolute Gasteiger partial charge is 0.0503 e. The quantitative estimate of drug-likeness (QED) is 0.777. The van der Waals surface area contributed by atoms with Gasteiger partial charge in [-0.05, 0) is 49.6 Å². The molecule has 2 rings (SSSR count). The SMILES string of the molecule is CCNCC1(CN2CCC(COC)C2)CCC(C)CC1. The summed E-state index contributed by atoms with van der Waals surface area (Å²) in [6, 6.07) is 0. The lowest BCUT2D eigenvalue weighted by Gasteiger charge is -2.42. The van der Waals surface area contributed by atoms with Crippen LogP contribution in [0.2, 0.25) is 0 Å². The van der Waals surface area contributed by atoms with Gasteiger partial charge in [-0.3, -0.25) is 0 Å². The summed E-state index contributed by atoms with van der Waals surface area (Å²) in [4.78, 5) is 2.71. The van der Waals surface area contributed by atoms with E-state index in [-0.39, 0.29) is 0 Å². The van der Waals surface area contributed by atoms with E-state index >= 15 is 0 Å². The minimum absolute atomic E-state index is 0.532. The van der Waals surface area contributed by atoms with Crippen molar-refractivity contribution in [2.75, 3.05) is 46.4 Å². The zero-order chi connectivity index (χ0) is 14.4. The van der Waals surface area contributed by atoms with E-state index in [2.05, 4.69) is 24.1 Å². The first kappa shape index (κ1) is 16.3. The first-order valence-corrected chi connectivity index (χ1v) is 8.59. The van der Waals surface area contributed by atoms with Gasteiger partial charge in [-0.1, -0.05) is 26.7 Å². The number of hydrogen-bond donors (Lipinski definition) is 1. The molecule has 1 heterocycles. The van der Waals surface area contributed by atoms with Crippen molar-refractivity contribution in [1.29, 1.82) is 0 Å². The van der Waals surface area contributed by atoms with E-state index in [9.17, 15) is 0 Å². The average Bonchev–Trinajstić information content (AvgIpc) is 2.87. The molecule has 3 heteroatoms. The Balaban J connectivity index is 1.87. The monoisotopic (exact) mass is 282 g/mol. The predicted molar refractivity (Wildman–Crippen MR) is 85.0 cm³/mol. The van der Waals surface area contributed by atoms with Crippen LogP contribution < -0.4 is 5.32 Å². The highest BCUT2D eigenvalue weighted by molar-refractivity contribution is 4.91. The van der Waals surface area contributed by atoms with Gasteiger partial charge in [0.15, 0.2) is 0 Å². The third-order valence-corrected chi connectivity index (χ3v) is 5.42. The van der Waals surface area contributed by atoms with Gasteiger partial charge in [-0.2, -0.15) is 0 Å². The first-order chi connectivity index (χ1) is 9.67. The van der Waals surface area contributed by atoms with Crippen LogP contribution in [0.3, 0.4) is 0 Å². The molecule has 0 aromatic rings. The number of methoxy groups -OCH3 is 1. The van der Waals surface area contributed by atoms with Gasteiger partial charge < -0.3 is 15.0 Å². The summed E-state index contributed by atoms with van der Waals surface area (Å²) >= 11 is 0. The molecule has 1 atom stereocenters. The van der Waals surface area contributed by atoms with E-state index in [1.165, 1.54) is 58.3 Å². The van der Waals surface area contributed by atoms with Crippen LogP contribution >= 0.6 is 0 Å². The van der Waals surface area contributed by atoms with E-state index < -0.39 is 0 Å². The van der Waals surface area contributed by atoms with Crippen LogP contribution in [0.4, 0.5) is 0 Å². The Morgan fingerprint density at radius 1 is 1.25 bits per heavy atom. The third-order valence-electron chi connectivity index (χ3n) is 5.42. The summed E-state index contributed by atoms with van der Waals surface area (Å²) in [5.74, 6) is 1.70. The lowest BCUT2D eigenvalue weighted by atomic mass is 9.70. The molecule has 2 fully saturated rings. The van der Waals surface area contributed by atoms with Gasteiger partial charge in [0.25, 0.3) is 0 Å². The van der Waals surface area contributed by atoms with E-state index in [0.717, 1.165) is 25.0 Å². The van der Waals surface area contributed by atoms with Crippen molar-refractivity contribution in [3.05, 3.63) is 0 Å². The second kappa shape index (κ2) is 7.77. The lowest BCUT2D eigenvalue weighted by molar-refractivity contribution is 0.0919. The third kappa shape index (κ3) is 4.44. The van der Waals surface area contributed by atoms with E-state index in [1.54, 1.807) is 0 Å². The molecule has 3 nitrogen and oxygen atoms in total. The van der Waals surface area contributed by atoms with Gasteiger partial charge in [0, 0.05) is 26.7 Å². The fourth-order valence-corrected chi connectivity index (χ4v) is 4.06. The van der Waals surface area contributed by atoms with E-state index in [1.807, 2.05) is 7.11 Å². The Morgan fingerprint density at radius 2 is 2.00 bits per heavy atom. The summed E-state index contributed by atoms with van der Waals surface area (Å²) in [5.41, 5.74) is 0.532. The highest BCUT2D eigenvalue weighted by Gasteiger charge is 2.37. The largest absolute Gasteiger partial charge is 0.384 e. The molecule has 0 spiro atoms. The minimum atomic E-state index is 0.532. The molecule has 2 aliphatic rings. The molecule has 1 N–H and O–H groups in total. The number of likely N-dealkylation sites (tertiary alicyclic amines) is 1. The number of rotatable bonds is 7. The molecule has 1 saturated carbocycles. The second-order valence-corrected chi connectivity index (χ2v) is 7.31. The Kier molecular flexibility index (Phi) is 6.31. The van der Waals surface area contributed by atoms with E-state index in [4.69, 9.17) is 4.74 Å². The summed E-state index contributed by atoms with van der Waals surface area (Å²) in [6.07, 6.45) is 6.97. The molecule has 1 saturated heterocycles. The molecule has 0 aromatic heterocycles. The Hall–Kier alpha value is -0.120. The molecule has 0 aromatic carbocycles. The minimum Gasteiger partial charge on any atom is -0.384 e. The van der Waals surface area contributed by atoms with Crippen molar-refractivity contribution in [2.45, 2.75) is 46.0 Å². The number of nitrogens with one attached hydrogen (secondary N) is 1. The van der Waals surface area contributed by atoms with Crippen molar-refractivity contribution in [1.82, 2.24) is 10.2 Å². The molecule has 0 bridgehead atoms. The number of nitrogens with zero attached hydrogens (tertiary/aromatic N) is 1. The van der Waals surface area contributed by atoms with Crippen LogP contribution in [0.1, 0.15) is 46.0 Å². The highest BCUT2D eigenvalue weighted by Crippen LogP contribution is 2.40. The van der Waals surface area contributed by atoms with Crippen LogP contribution in [-0.2, 0) is 4.74 Å². The van der Waals surface area contributed by atoms with Crippen LogP contribution in [0.25, 0.3) is 0 Å². The molecular weight excluding hydrogens is 248 g/mol. The van der Waals surface area contributed by atoms with Gasteiger partial charge in [0.2, 0.25) is 0 Å². The molecule has 0 radical (unpaired) electrons. The van der Waals surface area contributed by atoms with Crippen molar-refractivity contribution in [3.8, 4) is 0 Å². The molecular formula is C17H34N2O. The normalized spacial score (nSPS) is 35.5. The zero-order valence-electron chi connectivity index (χ0n) is 13.8. The topological polar surface area (TPSA) is 24.5 Å². The second-order valence-electron chi connectivity index (χ2n) is 7.31. The molecule has 20 heavy (non-hydrogen) atoms. The molecule has 0 amide bonds. The van der Waals surface area contributed by atoms with Gasteiger partial charge in [0.1, 0.15) is 0 Å². The van der Waals surface area contributed by atoms with Crippen molar-refractivity contribution < 1.29 is 4.74 Å².